The van der Waals surface area contributed by atoms with Crippen molar-refractivity contribution >= 4 is 11.9 Å². The molecule has 1 N–H and O–H groups in total. The molecular weight excluding hydrogens is 252 g/mol. The summed E-state index contributed by atoms with van der Waals surface area (Å²) in [4.78, 5) is 22.0. The first-order valence-corrected chi connectivity index (χ1v) is 5.54. The monoisotopic (exact) mass is 264 g/mol. The fourth-order valence-corrected chi connectivity index (χ4v) is 1.64. The summed E-state index contributed by atoms with van der Waals surface area (Å²) in [5, 5.41) is 8.78. The lowest BCUT2D eigenvalue weighted by Crippen LogP contribution is -1.99. The fourth-order valence-electron chi connectivity index (χ4n) is 1.64. The van der Waals surface area contributed by atoms with Crippen molar-refractivity contribution < 1.29 is 28.3 Å². The van der Waals surface area contributed by atoms with Gasteiger partial charge in [0, 0.05) is 0 Å². The number of hydrogen-bond acceptors (Lipinski definition) is 5. The van der Waals surface area contributed by atoms with Crippen molar-refractivity contribution in [3.05, 3.63) is 47.3 Å². The van der Waals surface area contributed by atoms with E-state index >= 15 is 0 Å². The Morgan fingerprint density at radius 3 is 2.11 bits per heavy atom. The molecule has 1 unspecified atom stereocenters. The van der Waals surface area contributed by atoms with Gasteiger partial charge in [-0.25, -0.2) is 9.59 Å². The maximum atomic E-state index is 11.3. The van der Waals surface area contributed by atoms with E-state index in [1.165, 1.54) is 19.2 Å². The largest absolute Gasteiger partial charge is 0.475 e. The van der Waals surface area contributed by atoms with Gasteiger partial charge < -0.3 is 18.7 Å². The molecule has 2 aromatic rings. The first kappa shape index (κ1) is 12.9. The highest BCUT2D eigenvalue weighted by Crippen LogP contribution is 2.27. The Balaban J connectivity index is 2.23. The molecule has 0 saturated carbocycles. The summed E-state index contributed by atoms with van der Waals surface area (Å²) in [6.07, 6.45) is 0. The van der Waals surface area contributed by atoms with Crippen molar-refractivity contribution in [2.45, 2.75) is 12.8 Å². The zero-order valence-corrected chi connectivity index (χ0v) is 10.4. The molecule has 0 amide bonds. The van der Waals surface area contributed by atoms with Crippen molar-refractivity contribution in [2.24, 2.45) is 0 Å². The molecule has 0 aliphatic heterocycles. The molecule has 2 rings (SSSR count). The third-order valence-corrected chi connectivity index (χ3v) is 2.70. The predicted octanol–water partition coefficient (Wildman–Crippen LogP) is 2.51. The smallest absolute Gasteiger partial charge is 0.373 e. The second-order valence-electron chi connectivity index (χ2n) is 3.92. The van der Waals surface area contributed by atoms with E-state index in [0.29, 0.717) is 11.5 Å². The number of hydrogen-bond donors (Lipinski definition) is 1. The number of carboxylic acids is 1. The minimum atomic E-state index is -1.13. The summed E-state index contributed by atoms with van der Waals surface area (Å²) >= 11 is 0. The lowest BCUT2D eigenvalue weighted by Gasteiger charge is -2.04. The van der Waals surface area contributed by atoms with Crippen LogP contribution in [0.15, 0.2) is 33.1 Å². The van der Waals surface area contributed by atoms with Crippen LogP contribution < -0.4 is 0 Å². The van der Waals surface area contributed by atoms with E-state index in [1.54, 1.807) is 19.1 Å². The van der Waals surface area contributed by atoms with Gasteiger partial charge in [0.15, 0.2) is 0 Å². The Hall–Kier alpha value is -2.50. The zero-order valence-electron chi connectivity index (χ0n) is 10.4. The Kier molecular flexibility index (Phi) is 3.41. The van der Waals surface area contributed by atoms with Gasteiger partial charge in [-0.3, -0.25) is 0 Å². The van der Waals surface area contributed by atoms with Crippen molar-refractivity contribution in [3.63, 3.8) is 0 Å². The maximum Gasteiger partial charge on any atom is 0.373 e. The third-order valence-electron chi connectivity index (χ3n) is 2.70. The molecule has 100 valence electrons. The Bertz CT molecular complexity index is 606. The van der Waals surface area contributed by atoms with Crippen molar-refractivity contribution in [1.29, 1.82) is 0 Å². The van der Waals surface area contributed by atoms with Gasteiger partial charge in [-0.05, 0) is 31.2 Å². The molecule has 0 spiro atoms. The number of carboxylic acid groups (broad SMARTS) is 1. The number of carbonyl (C=O) groups excluding carboxylic acids is 1. The molecule has 6 heteroatoms. The van der Waals surface area contributed by atoms with Crippen LogP contribution in [0.1, 0.15) is 45.5 Å². The van der Waals surface area contributed by atoms with E-state index in [1.807, 2.05) is 0 Å². The van der Waals surface area contributed by atoms with Gasteiger partial charge >= 0.3 is 11.9 Å². The van der Waals surface area contributed by atoms with E-state index in [0.717, 1.165) is 0 Å². The van der Waals surface area contributed by atoms with Crippen LogP contribution >= 0.6 is 0 Å². The van der Waals surface area contributed by atoms with Crippen LogP contribution in [-0.2, 0) is 4.74 Å². The van der Waals surface area contributed by atoms with Crippen molar-refractivity contribution in [1.82, 2.24) is 0 Å². The number of esters is 1. The Labute approximate surface area is 108 Å². The summed E-state index contributed by atoms with van der Waals surface area (Å²) in [6.45, 7) is 1.78. The van der Waals surface area contributed by atoms with Crippen molar-refractivity contribution in [3.8, 4) is 0 Å². The van der Waals surface area contributed by atoms with Crippen LogP contribution in [0.5, 0.6) is 0 Å². The average Bonchev–Trinajstić information content (AvgIpc) is 3.05. The maximum absolute atomic E-state index is 11.3. The molecule has 0 aromatic carbocycles. The van der Waals surface area contributed by atoms with E-state index in [4.69, 9.17) is 13.9 Å². The van der Waals surface area contributed by atoms with Gasteiger partial charge in [-0.1, -0.05) is 0 Å². The SMILES string of the molecule is COC(=O)c1ccc(C(C)c2ccc(C(=O)O)o2)o1. The quantitative estimate of drug-likeness (QED) is 0.853. The summed E-state index contributed by atoms with van der Waals surface area (Å²) < 4.78 is 15.1. The summed E-state index contributed by atoms with van der Waals surface area (Å²) in [7, 11) is 1.26. The van der Waals surface area contributed by atoms with Crippen molar-refractivity contribution in [2.75, 3.05) is 7.11 Å². The molecular formula is C13H12O6. The summed E-state index contributed by atoms with van der Waals surface area (Å²) in [5.74, 6) is -1.10. The molecule has 0 aliphatic carbocycles. The molecule has 6 nitrogen and oxygen atoms in total. The second-order valence-corrected chi connectivity index (χ2v) is 3.92. The lowest BCUT2D eigenvalue weighted by atomic mass is 10.1. The highest BCUT2D eigenvalue weighted by molar-refractivity contribution is 5.86. The van der Waals surface area contributed by atoms with E-state index in [2.05, 4.69) is 4.74 Å². The highest BCUT2D eigenvalue weighted by Gasteiger charge is 2.20. The number of methoxy groups -OCH3 is 1. The van der Waals surface area contributed by atoms with Gasteiger partial charge in [0.2, 0.25) is 11.5 Å². The molecule has 0 radical (unpaired) electrons. The topological polar surface area (TPSA) is 89.9 Å². The van der Waals surface area contributed by atoms with Gasteiger partial charge in [0.05, 0.1) is 13.0 Å². The first-order chi connectivity index (χ1) is 9.02. The van der Waals surface area contributed by atoms with Crippen LogP contribution in [0.4, 0.5) is 0 Å². The first-order valence-electron chi connectivity index (χ1n) is 5.54. The number of carbonyl (C=O) groups is 2. The standard InChI is InChI=1S/C13H12O6/c1-7(8-3-5-10(18-8)12(14)15)9-4-6-11(19-9)13(16)17-2/h3-7H,1-2H3,(H,14,15). The second kappa shape index (κ2) is 5.01. The molecule has 0 aliphatic rings. The Morgan fingerprint density at radius 2 is 1.63 bits per heavy atom. The van der Waals surface area contributed by atoms with Gasteiger partial charge in [-0.15, -0.1) is 0 Å². The van der Waals surface area contributed by atoms with E-state index in [9.17, 15) is 9.59 Å². The minimum absolute atomic E-state index is 0.0920. The van der Waals surface area contributed by atoms with Crippen LogP contribution in [0.3, 0.4) is 0 Å². The normalized spacial score (nSPS) is 12.1. The van der Waals surface area contributed by atoms with Crippen LogP contribution in [0, 0.1) is 0 Å². The molecule has 0 fully saturated rings. The number of ether oxygens (including phenoxy) is 1. The number of furan rings is 2. The minimum Gasteiger partial charge on any atom is -0.475 e. The summed E-state index contributed by atoms with van der Waals surface area (Å²) in [5.41, 5.74) is 0. The Morgan fingerprint density at radius 1 is 1.11 bits per heavy atom. The molecule has 0 bridgehead atoms. The number of aromatic carboxylic acids is 1. The van der Waals surface area contributed by atoms with Gasteiger partial charge in [0.1, 0.15) is 11.5 Å². The fraction of sp³-hybridized carbons (Fsp3) is 0.231. The van der Waals surface area contributed by atoms with E-state index < -0.39 is 11.9 Å². The summed E-state index contributed by atoms with van der Waals surface area (Å²) in [6, 6.07) is 6.06. The highest BCUT2D eigenvalue weighted by atomic mass is 16.5. The average molecular weight is 264 g/mol. The van der Waals surface area contributed by atoms with Gasteiger partial charge in [-0.2, -0.15) is 0 Å². The lowest BCUT2D eigenvalue weighted by molar-refractivity contribution is 0.0562. The van der Waals surface area contributed by atoms with E-state index in [-0.39, 0.29) is 17.4 Å². The molecule has 1 atom stereocenters. The molecule has 19 heavy (non-hydrogen) atoms. The van der Waals surface area contributed by atoms with Gasteiger partial charge in [0.25, 0.3) is 0 Å². The molecule has 2 aromatic heterocycles. The predicted molar refractivity (Wildman–Crippen MR) is 63.2 cm³/mol. The zero-order chi connectivity index (χ0) is 14.0. The number of rotatable bonds is 4. The van der Waals surface area contributed by atoms with Crippen LogP contribution in [0.2, 0.25) is 0 Å². The molecule has 2 heterocycles. The molecule has 0 saturated heterocycles. The third kappa shape index (κ3) is 2.52. The van der Waals surface area contributed by atoms with Crippen LogP contribution in [0.25, 0.3) is 0 Å². The van der Waals surface area contributed by atoms with Crippen LogP contribution in [-0.4, -0.2) is 24.2 Å².